The summed E-state index contributed by atoms with van der Waals surface area (Å²) in [5, 5.41) is 95.8. The molecule has 16 nitrogen and oxygen atoms in total. The summed E-state index contributed by atoms with van der Waals surface area (Å²) in [6, 6.07) is 0. The van der Waals surface area contributed by atoms with Crippen molar-refractivity contribution in [1.82, 2.24) is 0 Å². The molecule has 6 rings (SSSR count). The number of aliphatic hydroxyl groups excluding tert-OH is 9. The molecule has 0 aromatic heterocycles. The molecule has 0 radical (unpaired) electrons. The molecule has 0 spiro atoms. The van der Waals surface area contributed by atoms with Gasteiger partial charge in [-0.25, -0.2) is 4.79 Å². The molecule has 16 heteroatoms. The fraction of sp³-hybridized carbons (Fsp3) is 0.919. The summed E-state index contributed by atoms with van der Waals surface area (Å²) < 4.78 is 35.1. The molecule has 304 valence electrons. The zero-order valence-electron chi connectivity index (χ0n) is 30.5. The van der Waals surface area contributed by atoms with Gasteiger partial charge in [0, 0.05) is 31.3 Å². The van der Waals surface area contributed by atoms with E-state index in [0.717, 1.165) is 12.8 Å². The second kappa shape index (κ2) is 17.8. The number of allylic oxidation sites excluding steroid dienone is 1. The predicted molar refractivity (Wildman–Crippen MR) is 183 cm³/mol. The van der Waals surface area contributed by atoms with Crippen molar-refractivity contribution in [1.29, 1.82) is 0 Å². The summed E-state index contributed by atoms with van der Waals surface area (Å²) >= 11 is 0. The van der Waals surface area contributed by atoms with Crippen molar-refractivity contribution in [3.8, 4) is 0 Å². The number of aliphatic hydroxyl groups is 11. The first-order valence-electron chi connectivity index (χ1n) is 19.5. The molecule has 10 N–H and O–H groups in total. The lowest BCUT2D eigenvalue weighted by Crippen LogP contribution is -2.63. The molecule has 0 amide bonds. The van der Waals surface area contributed by atoms with Gasteiger partial charge in [-0.15, -0.1) is 0 Å². The van der Waals surface area contributed by atoms with E-state index in [4.69, 9.17) is 28.4 Å². The van der Waals surface area contributed by atoms with Crippen LogP contribution in [0, 0.1) is 23.7 Å². The third kappa shape index (κ3) is 9.79. The maximum atomic E-state index is 12.6. The van der Waals surface area contributed by atoms with Gasteiger partial charge < -0.3 is 74.4 Å². The molecule has 19 atom stereocenters. The first-order chi connectivity index (χ1) is 25.2. The lowest BCUT2D eigenvalue weighted by atomic mass is 9.70. The Kier molecular flexibility index (Phi) is 13.9. The molecule has 3 aliphatic carbocycles. The molecule has 3 heterocycles. The second-order valence-electron chi connectivity index (χ2n) is 16.5. The summed E-state index contributed by atoms with van der Waals surface area (Å²) in [6.07, 6.45) is -9.49. The highest BCUT2D eigenvalue weighted by atomic mass is 16.7. The van der Waals surface area contributed by atoms with Crippen molar-refractivity contribution < 1.29 is 79.2 Å². The number of rotatable bonds is 9. The van der Waals surface area contributed by atoms with Crippen molar-refractivity contribution >= 4 is 5.97 Å². The number of carbonyl (C=O) groups is 1. The van der Waals surface area contributed by atoms with Gasteiger partial charge in [0.2, 0.25) is 0 Å². The molecule has 6 aliphatic rings. The van der Waals surface area contributed by atoms with Gasteiger partial charge in [0.15, 0.2) is 24.8 Å². The molecule has 19 unspecified atom stereocenters. The smallest absolute Gasteiger partial charge is 0.330 e. The lowest BCUT2D eigenvalue weighted by molar-refractivity contribution is -0.364. The van der Waals surface area contributed by atoms with Crippen molar-refractivity contribution in [3.63, 3.8) is 0 Å². The average Bonchev–Trinajstić information content (AvgIpc) is 3.11. The van der Waals surface area contributed by atoms with Gasteiger partial charge in [-0.2, -0.15) is 0 Å². The number of carbonyl (C=O) groups excluding carboxylic acids is 1. The largest absolute Gasteiger partial charge is 0.460 e. The van der Waals surface area contributed by atoms with E-state index in [2.05, 4.69) is 0 Å². The number of esters is 1. The summed E-state index contributed by atoms with van der Waals surface area (Å²) in [7, 11) is 0. The van der Waals surface area contributed by atoms with Crippen LogP contribution >= 0.6 is 0 Å². The zero-order chi connectivity index (χ0) is 38.1. The first-order valence-corrected chi connectivity index (χ1v) is 19.5. The minimum Gasteiger partial charge on any atom is -0.460 e. The van der Waals surface area contributed by atoms with E-state index in [9.17, 15) is 50.8 Å². The first kappa shape index (κ1) is 41.3. The van der Waals surface area contributed by atoms with Gasteiger partial charge in [-0.3, -0.25) is 0 Å². The van der Waals surface area contributed by atoms with Crippen LogP contribution in [0.3, 0.4) is 0 Å². The highest BCUT2D eigenvalue weighted by Gasteiger charge is 2.56. The van der Waals surface area contributed by atoms with Gasteiger partial charge in [0.05, 0.1) is 48.6 Å². The fourth-order valence-corrected chi connectivity index (χ4v) is 9.35. The minimum atomic E-state index is -1.71. The highest BCUT2D eigenvalue weighted by Crippen LogP contribution is 2.44. The maximum Gasteiger partial charge on any atom is 0.330 e. The van der Waals surface area contributed by atoms with E-state index in [1.54, 1.807) is 13.0 Å². The van der Waals surface area contributed by atoms with Crippen LogP contribution < -0.4 is 0 Å². The molecule has 3 saturated carbocycles. The number of ether oxygens (including phenoxy) is 6. The van der Waals surface area contributed by atoms with Crippen LogP contribution in [0.1, 0.15) is 78.1 Å². The Morgan fingerprint density at radius 2 is 1.38 bits per heavy atom. The highest BCUT2D eigenvalue weighted by molar-refractivity contribution is 5.81. The Morgan fingerprint density at radius 3 is 2.09 bits per heavy atom. The fourth-order valence-electron chi connectivity index (χ4n) is 9.35. The summed E-state index contributed by atoms with van der Waals surface area (Å²) in [5.74, 6) is -1.42. The lowest BCUT2D eigenvalue weighted by Gasteiger charge is -2.50. The summed E-state index contributed by atoms with van der Waals surface area (Å²) in [6.45, 7) is 3.17. The van der Waals surface area contributed by atoms with E-state index >= 15 is 0 Å². The summed E-state index contributed by atoms with van der Waals surface area (Å²) in [4.78, 5) is 12.6. The van der Waals surface area contributed by atoms with Crippen LogP contribution in [0.25, 0.3) is 0 Å². The van der Waals surface area contributed by atoms with E-state index in [-0.39, 0.29) is 61.6 Å². The van der Waals surface area contributed by atoms with Crippen LogP contribution in [0.4, 0.5) is 0 Å². The van der Waals surface area contributed by atoms with E-state index in [1.807, 2.05) is 6.92 Å². The molecule has 0 bridgehead atoms. The Morgan fingerprint density at radius 1 is 0.698 bits per heavy atom. The Labute approximate surface area is 309 Å². The van der Waals surface area contributed by atoms with Gasteiger partial charge in [0.1, 0.15) is 43.2 Å². The second-order valence-corrected chi connectivity index (χ2v) is 16.5. The number of hydrogen-bond acceptors (Lipinski definition) is 15. The minimum absolute atomic E-state index is 0.134. The van der Waals surface area contributed by atoms with Crippen molar-refractivity contribution in [2.75, 3.05) is 6.61 Å². The van der Waals surface area contributed by atoms with E-state index in [1.165, 1.54) is 6.08 Å². The molecular weight excluding hydrogens is 700 g/mol. The van der Waals surface area contributed by atoms with E-state index in [0.29, 0.717) is 25.7 Å². The standard InChI is InChI=1S/C37H60O16/c1-16-9-19(11-24(41)30(16)43)35-27(14-22-25(50-35)12-21(39)13-26(22)51-36-31(44)23(40)10-17(2)49-36)52-37-34(47)33(46)32(45)28(53-37)15-48-29(42)8-5-18-3-6-20(38)7-4-18/h5,8,16-28,30-41,43-47H,3-4,6-7,9-15H2,1-2H3/p+1. The Balaban J connectivity index is 1.17. The molecule has 3 aliphatic heterocycles. The molecular formula is C37H61O16+. The van der Waals surface area contributed by atoms with E-state index < -0.39 is 105 Å². The Bertz CT molecular complexity index is 1200. The van der Waals surface area contributed by atoms with Gasteiger partial charge in [-0.1, -0.05) is 13.0 Å². The predicted octanol–water partition coefficient (Wildman–Crippen LogP) is -1.72. The quantitative estimate of drug-likeness (QED) is 0.0720. The van der Waals surface area contributed by atoms with Crippen LogP contribution in [0.2, 0.25) is 0 Å². The van der Waals surface area contributed by atoms with Crippen LogP contribution in [0.5, 0.6) is 0 Å². The molecule has 3 saturated heterocycles. The number of fused-ring (bicyclic) bond motifs is 1. The third-order valence-corrected chi connectivity index (χ3v) is 12.5. The maximum absolute atomic E-state index is 12.6. The van der Waals surface area contributed by atoms with Crippen molar-refractivity contribution in [3.05, 3.63) is 12.2 Å². The molecule has 0 aromatic carbocycles. The molecule has 53 heavy (non-hydrogen) atoms. The topological polar surface area (TPSA) is 258 Å². The van der Waals surface area contributed by atoms with Crippen molar-refractivity contribution in [2.45, 2.75) is 182 Å². The SMILES string of the molecule is CC1CC(O)C(O)C(OC2CC(O)CC3[OH+]C(C4CC(C)C(O)C(O)C4)C(OC4OC(COC(=O)C=CC5CCC(O)CC5)C(O)C(O)C4O)CC23)O1. The van der Waals surface area contributed by atoms with Crippen LogP contribution in [-0.4, -0.2) is 167 Å². The zero-order valence-corrected chi connectivity index (χ0v) is 30.5. The van der Waals surface area contributed by atoms with Gasteiger partial charge >= 0.3 is 5.97 Å². The normalized spacial score (nSPS) is 51.1. The molecule has 0 aromatic rings. The average molecular weight is 762 g/mol. The van der Waals surface area contributed by atoms with Gasteiger partial charge in [-0.05, 0) is 63.7 Å². The number of hydrogen-bond donors (Lipinski definition) is 9. The van der Waals surface area contributed by atoms with Crippen LogP contribution in [0.15, 0.2) is 12.2 Å². The van der Waals surface area contributed by atoms with Gasteiger partial charge in [0.25, 0.3) is 0 Å². The molecule has 6 fully saturated rings. The third-order valence-electron chi connectivity index (χ3n) is 12.5. The van der Waals surface area contributed by atoms with Crippen LogP contribution in [-0.2, 0) is 28.5 Å². The summed E-state index contributed by atoms with van der Waals surface area (Å²) in [5.41, 5.74) is 0. The van der Waals surface area contributed by atoms with Crippen molar-refractivity contribution in [2.24, 2.45) is 23.7 Å². The Hall–Kier alpha value is -1.35. The monoisotopic (exact) mass is 761 g/mol.